The van der Waals surface area contributed by atoms with E-state index >= 15 is 0 Å². The number of nitrogens with zero attached hydrogens (tertiary/aromatic N) is 3. The molecule has 0 radical (unpaired) electrons. The van der Waals surface area contributed by atoms with Crippen LogP contribution in [0.2, 0.25) is 0 Å². The van der Waals surface area contributed by atoms with Crippen molar-refractivity contribution in [3.05, 3.63) is 93.7 Å². The first kappa shape index (κ1) is 21.6. The molecule has 0 bridgehead atoms. The van der Waals surface area contributed by atoms with Gasteiger partial charge >= 0.3 is 11.5 Å². The summed E-state index contributed by atoms with van der Waals surface area (Å²) in [7, 11) is 0. The normalized spacial score (nSPS) is 13.1. The van der Waals surface area contributed by atoms with Crippen LogP contribution in [0.3, 0.4) is 0 Å². The standard InChI is InChI=1S/C26H22FN3O4/c1-2-34-26(32)22-23(21-4-3-12-28-24(21)30(33)25(22)31)29-13-11-17-5-6-18(14-19(17)15-29)16-7-9-20(27)10-8-16/h3-10,12,14,33H,2,11,13,15H2,1H3. The number of pyridine rings is 2. The molecule has 0 aliphatic carbocycles. The van der Waals surface area contributed by atoms with Gasteiger partial charge in [-0.3, -0.25) is 4.79 Å². The first-order chi connectivity index (χ1) is 16.5. The first-order valence-corrected chi connectivity index (χ1v) is 11.0. The van der Waals surface area contributed by atoms with E-state index < -0.39 is 11.5 Å². The highest BCUT2D eigenvalue weighted by Gasteiger charge is 2.29. The minimum absolute atomic E-state index is 0.0707. The molecule has 172 valence electrons. The Morgan fingerprint density at radius 1 is 1.12 bits per heavy atom. The van der Waals surface area contributed by atoms with Crippen molar-refractivity contribution in [3.63, 3.8) is 0 Å². The van der Waals surface area contributed by atoms with E-state index in [9.17, 15) is 19.2 Å². The highest BCUT2D eigenvalue weighted by molar-refractivity contribution is 6.04. The van der Waals surface area contributed by atoms with Crippen LogP contribution < -0.4 is 10.5 Å². The van der Waals surface area contributed by atoms with Gasteiger partial charge in [0.15, 0.2) is 11.2 Å². The number of fused-ring (bicyclic) bond motifs is 2. The van der Waals surface area contributed by atoms with Crippen molar-refractivity contribution in [2.45, 2.75) is 19.9 Å². The van der Waals surface area contributed by atoms with Gasteiger partial charge in [-0.2, -0.15) is 0 Å². The molecule has 0 atom stereocenters. The van der Waals surface area contributed by atoms with E-state index in [-0.39, 0.29) is 23.6 Å². The Morgan fingerprint density at radius 2 is 1.88 bits per heavy atom. The minimum Gasteiger partial charge on any atom is -0.462 e. The zero-order chi connectivity index (χ0) is 23.8. The maximum absolute atomic E-state index is 13.4. The summed E-state index contributed by atoms with van der Waals surface area (Å²) in [5.41, 5.74) is 3.42. The number of hydrogen-bond donors (Lipinski definition) is 1. The lowest BCUT2D eigenvalue weighted by molar-refractivity contribution is 0.0519. The van der Waals surface area contributed by atoms with Crippen LogP contribution in [-0.2, 0) is 17.7 Å². The van der Waals surface area contributed by atoms with Gasteiger partial charge in [0.2, 0.25) is 0 Å². The van der Waals surface area contributed by atoms with Gasteiger partial charge in [0.1, 0.15) is 5.82 Å². The zero-order valence-corrected chi connectivity index (χ0v) is 18.5. The van der Waals surface area contributed by atoms with Crippen LogP contribution in [0.4, 0.5) is 10.1 Å². The number of hydrogen-bond acceptors (Lipinski definition) is 6. The molecule has 0 fully saturated rings. The SMILES string of the molecule is CCOC(=O)c1c(N2CCc3ccc(-c4ccc(F)cc4)cc3C2)c2cccnc2n(O)c1=O. The number of benzene rings is 2. The number of ether oxygens (including phenoxy) is 1. The lowest BCUT2D eigenvalue weighted by atomic mass is 9.94. The Balaban J connectivity index is 1.63. The summed E-state index contributed by atoms with van der Waals surface area (Å²) in [6.45, 7) is 2.76. The second-order valence-corrected chi connectivity index (χ2v) is 8.10. The lowest BCUT2D eigenvalue weighted by Gasteiger charge is -2.33. The van der Waals surface area contributed by atoms with E-state index in [1.807, 2.05) is 17.0 Å². The second kappa shape index (κ2) is 8.62. The van der Waals surface area contributed by atoms with Gasteiger partial charge in [0.05, 0.1) is 12.3 Å². The molecular formula is C26H22FN3O4. The Hall–Kier alpha value is -4.20. The molecule has 0 saturated carbocycles. The zero-order valence-electron chi connectivity index (χ0n) is 18.5. The Bertz CT molecular complexity index is 1460. The van der Waals surface area contributed by atoms with E-state index in [1.54, 1.807) is 31.2 Å². The van der Waals surface area contributed by atoms with Crippen molar-refractivity contribution < 1.29 is 19.1 Å². The summed E-state index contributed by atoms with van der Waals surface area (Å²) in [5.74, 6) is -1.08. The first-order valence-electron chi connectivity index (χ1n) is 11.0. The fraction of sp³-hybridized carbons (Fsp3) is 0.192. The number of halogens is 1. The third-order valence-corrected chi connectivity index (χ3v) is 6.08. The molecule has 1 aliphatic rings. The average Bonchev–Trinajstić information content (AvgIpc) is 2.86. The predicted molar refractivity (Wildman–Crippen MR) is 126 cm³/mol. The molecule has 4 aromatic rings. The molecule has 2 aromatic heterocycles. The average molecular weight is 459 g/mol. The van der Waals surface area contributed by atoms with E-state index in [0.717, 1.165) is 22.3 Å². The summed E-state index contributed by atoms with van der Waals surface area (Å²) in [6.07, 6.45) is 2.17. The molecule has 0 amide bonds. The van der Waals surface area contributed by atoms with Gasteiger partial charge in [-0.25, -0.2) is 14.2 Å². The summed E-state index contributed by atoms with van der Waals surface area (Å²) in [5, 5.41) is 10.9. The summed E-state index contributed by atoms with van der Waals surface area (Å²) in [6, 6.07) is 15.8. The van der Waals surface area contributed by atoms with E-state index in [0.29, 0.717) is 35.3 Å². The minimum atomic E-state index is -0.870. The van der Waals surface area contributed by atoms with Crippen molar-refractivity contribution in [2.75, 3.05) is 18.1 Å². The maximum Gasteiger partial charge on any atom is 0.346 e. The maximum atomic E-state index is 13.4. The Morgan fingerprint density at radius 3 is 2.65 bits per heavy atom. The monoisotopic (exact) mass is 459 g/mol. The van der Waals surface area contributed by atoms with Gasteiger partial charge in [0, 0.05) is 24.7 Å². The molecule has 8 heteroatoms. The van der Waals surface area contributed by atoms with E-state index in [2.05, 4.69) is 11.1 Å². The fourth-order valence-corrected chi connectivity index (χ4v) is 4.47. The van der Waals surface area contributed by atoms with E-state index in [4.69, 9.17) is 4.74 Å². The van der Waals surface area contributed by atoms with Gasteiger partial charge in [0.25, 0.3) is 0 Å². The van der Waals surface area contributed by atoms with Crippen molar-refractivity contribution in [1.29, 1.82) is 0 Å². The number of anilines is 1. The number of esters is 1. The molecule has 1 N–H and O–H groups in total. The molecule has 34 heavy (non-hydrogen) atoms. The highest BCUT2D eigenvalue weighted by Crippen LogP contribution is 2.34. The predicted octanol–water partition coefficient (Wildman–Crippen LogP) is 4.18. The molecular weight excluding hydrogens is 437 g/mol. The number of carbonyl (C=O) groups is 1. The molecule has 0 saturated heterocycles. The van der Waals surface area contributed by atoms with Crippen LogP contribution in [0.15, 0.2) is 65.6 Å². The third kappa shape index (κ3) is 3.67. The Labute approximate surface area is 194 Å². The van der Waals surface area contributed by atoms with Gasteiger partial charge in [-0.1, -0.05) is 24.3 Å². The van der Waals surface area contributed by atoms with Crippen LogP contribution in [-0.4, -0.2) is 34.0 Å². The summed E-state index contributed by atoms with van der Waals surface area (Å²) in [4.78, 5) is 31.9. The van der Waals surface area contributed by atoms with Crippen molar-refractivity contribution in [1.82, 2.24) is 9.71 Å². The number of aromatic nitrogens is 2. The smallest absolute Gasteiger partial charge is 0.346 e. The van der Waals surface area contributed by atoms with Crippen LogP contribution in [0.1, 0.15) is 28.4 Å². The number of rotatable bonds is 4. The third-order valence-electron chi connectivity index (χ3n) is 6.08. The molecule has 0 unspecified atom stereocenters. The van der Waals surface area contributed by atoms with Crippen molar-refractivity contribution in [3.8, 4) is 11.1 Å². The number of carbonyl (C=O) groups excluding carboxylic acids is 1. The van der Waals surface area contributed by atoms with Crippen molar-refractivity contribution in [2.24, 2.45) is 0 Å². The van der Waals surface area contributed by atoms with Crippen LogP contribution >= 0.6 is 0 Å². The molecule has 7 nitrogen and oxygen atoms in total. The topological polar surface area (TPSA) is 84.7 Å². The fourth-order valence-electron chi connectivity index (χ4n) is 4.47. The van der Waals surface area contributed by atoms with Crippen LogP contribution in [0.25, 0.3) is 22.2 Å². The highest BCUT2D eigenvalue weighted by atomic mass is 19.1. The second-order valence-electron chi connectivity index (χ2n) is 8.10. The van der Waals surface area contributed by atoms with Crippen LogP contribution in [0, 0.1) is 5.82 Å². The summed E-state index contributed by atoms with van der Waals surface area (Å²) >= 11 is 0. The largest absolute Gasteiger partial charge is 0.462 e. The molecule has 1 aliphatic heterocycles. The molecule has 2 aromatic carbocycles. The molecule has 5 rings (SSSR count). The molecule has 0 spiro atoms. The summed E-state index contributed by atoms with van der Waals surface area (Å²) < 4.78 is 18.9. The van der Waals surface area contributed by atoms with Gasteiger partial charge in [-0.15, -0.1) is 4.73 Å². The quantitative estimate of drug-likeness (QED) is 0.364. The lowest BCUT2D eigenvalue weighted by Crippen LogP contribution is -2.36. The van der Waals surface area contributed by atoms with Crippen molar-refractivity contribution >= 4 is 22.7 Å². The van der Waals surface area contributed by atoms with Crippen LogP contribution in [0.5, 0.6) is 0 Å². The molecule has 3 heterocycles. The van der Waals surface area contributed by atoms with Gasteiger partial charge < -0.3 is 14.8 Å². The van der Waals surface area contributed by atoms with E-state index in [1.165, 1.54) is 18.3 Å². The Kier molecular flexibility index (Phi) is 5.49. The van der Waals surface area contributed by atoms with Gasteiger partial charge in [-0.05, 0) is 65.9 Å².